The molecule has 0 aliphatic carbocycles. The lowest BCUT2D eigenvalue weighted by Gasteiger charge is -2.32. The number of morpholine rings is 1. The highest BCUT2D eigenvalue weighted by molar-refractivity contribution is 6.29. The monoisotopic (exact) mass is 312 g/mol. The van der Waals surface area contributed by atoms with Gasteiger partial charge in [-0.2, -0.15) is 0 Å². The van der Waals surface area contributed by atoms with Gasteiger partial charge < -0.3 is 14.7 Å². The molecule has 1 aliphatic heterocycles. The van der Waals surface area contributed by atoms with Gasteiger partial charge in [0, 0.05) is 29.8 Å². The van der Waals surface area contributed by atoms with Gasteiger partial charge in [0.1, 0.15) is 5.15 Å². The van der Waals surface area contributed by atoms with Crippen LogP contribution in [0.2, 0.25) is 5.15 Å². The molecule has 0 bridgehead atoms. The zero-order valence-electron chi connectivity index (χ0n) is 12.6. The van der Waals surface area contributed by atoms with Crippen LogP contribution in [0.4, 0.5) is 0 Å². The topological polar surface area (TPSA) is 62.7 Å². The number of ether oxygens (including phenoxy) is 1. The number of halogens is 1. The molecule has 0 aromatic carbocycles. The van der Waals surface area contributed by atoms with Gasteiger partial charge in [-0.1, -0.05) is 32.4 Å². The van der Waals surface area contributed by atoms with Crippen molar-refractivity contribution < 1.29 is 14.6 Å². The van der Waals surface area contributed by atoms with Gasteiger partial charge in [-0.3, -0.25) is 4.79 Å². The summed E-state index contributed by atoms with van der Waals surface area (Å²) < 4.78 is 5.36. The van der Waals surface area contributed by atoms with Crippen molar-refractivity contribution in [1.82, 2.24) is 9.88 Å². The van der Waals surface area contributed by atoms with Crippen molar-refractivity contribution in [2.45, 2.75) is 32.3 Å². The fourth-order valence-electron chi connectivity index (χ4n) is 2.20. The van der Waals surface area contributed by atoms with Crippen molar-refractivity contribution >= 4 is 17.5 Å². The average molecular weight is 313 g/mol. The van der Waals surface area contributed by atoms with Crippen molar-refractivity contribution in [1.29, 1.82) is 0 Å². The second kappa shape index (κ2) is 6.30. The predicted octanol–water partition coefficient (Wildman–Crippen LogP) is 1.87. The standard InChI is InChI=1S/C15H21ClN2O3/c1-15(2,3)12-6-10(7-13(16)17-12)14(20)18-4-5-21-11(8-18)9-19/h6-7,11,19H,4-5,8-9H2,1-3H3. The molecule has 1 aliphatic rings. The molecule has 5 nitrogen and oxygen atoms in total. The zero-order valence-corrected chi connectivity index (χ0v) is 13.4. The summed E-state index contributed by atoms with van der Waals surface area (Å²) in [5.74, 6) is -0.105. The van der Waals surface area contributed by atoms with Crippen LogP contribution >= 0.6 is 11.6 Å². The number of aromatic nitrogens is 1. The highest BCUT2D eigenvalue weighted by Gasteiger charge is 2.26. The van der Waals surface area contributed by atoms with Crippen LogP contribution in [-0.2, 0) is 10.2 Å². The maximum absolute atomic E-state index is 12.6. The number of pyridine rings is 1. The van der Waals surface area contributed by atoms with Crippen molar-refractivity contribution in [3.63, 3.8) is 0 Å². The number of carbonyl (C=O) groups excluding carboxylic acids is 1. The minimum absolute atomic E-state index is 0.0892. The Morgan fingerprint density at radius 3 is 2.86 bits per heavy atom. The number of rotatable bonds is 2. The smallest absolute Gasteiger partial charge is 0.254 e. The number of aliphatic hydroxyl groups is 1. The van der Waals surface area contributed by atoms with E-state index in [1.54, 1.807) is 17.0 Å². The van der Waals surface area contributed by atoms with E-state index in [0.29, 0.717) is 30.4 Å². The van der Waals surface area contributed by atoms with Crippen LogP contribution in [0.25, 0.3) is 0 Å². The first kappa shape index (κ1) is 16.2. The highest BCUT2D eigenvalue weighted by atomic mass is 35.5. The summed E-state index contributed by atoms with van der Waals surface area (Å²) in [5, 5.41) is 9.48. The van der Waals surface area contributed by atoms with Crippen LogP contribution in [-0.4, -0.2) is 53.3 Å². The van der Waals surface area contributed by atoms with E-state index < -0.39 is 0 Å². The molecule has 0 saturated carbocycles. The maximum atomic E-state index is 12.6. The van der Waals surface area contributed by atoms with Crippen LogP contribution in [0.3, 0.4) is 0 Å². The zero-order chi connectivity index (χ0) is 15.6. The Kier molecular flexibility index (Phi) is 4.86. The van der Waals surface area contributed by atoms with Gasteiger partial charge in [-0.25, -0.2) is 4.98 Å². The second-order valence-electron chi connectivity index (χ2n) is 6.24. The number of nitrogens with zero attached hydrogens (tertiary/aromatic N) is 2. The molecule has 1 fully saturated rings. The van der Waals surface area contributed by atoms with Crippen LogP contribution in [0, 0.1) is 0 Å². The fourth-order valence-corrected chi connectivity index (χ4v) is 2.41. The maximum Gasteiger partial charge on any atom is 0.254 e. The first-order valence-electron chi connectivity index (χ1n) is 7.01. The van der Waals surface area contributed by atoms with Crippen LogP contribution in [0.5, 0.6) is 0 Å². The molecule has 1 aromatic heterocycles. The van der Waals surface area contributed by atoms with E-state index in [1.165, 1.54) is 0 Å². The molecule has 0 spiro atoms. The number of hydrogen-bond acceptors (Lipinski definition) is 4. The Labute approximate surface area is 129 Å². The molecule has 6 heteroatoms. The van der Waals surface area contributed by atoms with Crippen molar-refractivity contribution in [2.24, 2.45) is 0 Å². The van der Waals surface area contributed by atoms with Gasteiger partial charge in [0.05, 0.1) is 19.3 Å². The number of hydrogen-bond donors (Lipinski definition) is 1. The van der Waals surface area contributed by atoms with Crippen LogP contribution in [0.1, 0.15) is 36.8 Å². The fraction of sp³-hybridized carbons (Fsp3) is 0.600. The SMILES string of the molecule is CC(C)(C)c1cc(C(=O)N2CCOC(CO)C2)cc(Cl)n1. The first-order chi connectivity index (χ1) is 9.81. The van der Waals surface area contributed by atoms with E-state index in [0.717, 1.165) is 5.69 Å². The number of aliphatic hydroxyl groups excluding tert-OH is 1. The molecule has 116 valence electrons. The van der Waals surface area contributed by atoms with Crippen molar-refractivity contribution in [3.8, 4) is 0 Å². The summed E-state index contributed by atoms with van der Waals surface area (Å²) in [6.07, 6.45) is -0.318. The Morgan fingerprint density at radius 2 is 2.24 bits per heavy atom. The van der Waals surface area contributed by atoms with E-state index >= 15 is 0 Å². The second-order valence-corrected chi connectivity index (χ2v) is 6.63. The molecule has 1 N–H and O–H groups in total. The molecule has 0 radical (unpaired) electrons. The summed E-state index contributed by atoms with van der Waals surface area (Å²) in [6, 6.07) is 3.38. The molecule has 1 amide bonds. The van der Waals surface area contributed by atoms with E-state index in [4.69, 9.17) is 21.4 Å². The number of carbonyl (C=O) groups is 1. The summed E-state index contributed by atoms with van der Waals surface area (Å²) in [5.41, 5.74) is 1.13. The third kappa shape index (κ3) is 3.93. The molecule has 21 heavy (non-hydrogen) atoms. The largest absolute Gasteiger partial charge is 0.394 e. The predicted molar refractivity (Wildman–Crippen MR) is 80.7 cm³/mol. The van der Waals surface area contributed by atoms with Gasteiger partial charge in [0.2, 0.25) is 0 Å². The minimum Gasteiger partial charge on any atom is -0.394 e. The third-order valence-electron chi connectivity index (χ3n) is 3.44. The Bertz CT molecular complexity index is 528. The molecule has 1 aromatic rings. The Hall–Kier alpha value is -1.17. The molecule has 1 atom stereocenters. The average Bonchev–Trinajstić information content (AvgIpc) is 2.45. The number of amides is 1. The highest BCUT2D eigenvalue weighted by Crippen LogP contribution is 2.24. The van der Waals surface area contributed by atoms with E-state index in [9.17, 15) is 4.79 Å². The van der Waals surface area contributed by atoms with Crippen molar-refractivity contribution in [2.75, 3.05) is 26.3 Å². The molecule has 2 rings (SSSR count). The molecular formula is C15H21ClN2O3. The first-order valence-corrected chi connectivity index (χ1v) is 7.39. The lowest BCUT2D eigenvalue weighted by molar-refractivity contribution is -0.0447. The summed E-state index contributed by atoms with van der Waals surface area (Å²) in [7, 11) is 0. The summed E-state index contributed by atoms with van der Waals surface area (Å²) >= 11 is 6.05. The van der Waals surface area contributed by atoms with Gasteiger partial charge in [0.25, 0.3) is 5.91 Å². The van der Waals surface area contributed by atoms with Crippen molar-refractivity contribution in [3.05, 3.63) is 28.5 Å². The summed E-state index contributed by atoms with van der Waals surface area (Å²) in [6.45, 7) is 7.32. The Morgan fingerprint density at radius 1 is 1.52 bits per heavy atom. The molecule has 1 saturated heterocycles. The normalized spacial score (nSPS) is 19.7. The van der Waals surface area contributed by atoms with Gasteiger partial charge in [-0.05, 0) is 12.1 Å². The summed E-state index contributed by atoms with van der Waals surface area (Å²) in [4.78, 5) is 18.6. The van der Waals surface area contributed by atoms with Gasteiger partial charge in [0.15, 0.2) is 0 Å². The third-order valence-corrected chi connectivity index (χ3v) is 3.63. The molecule has 1 unspecified atom stereocenters. The molecular weight excluding hydrogens is 292 g/mol. The lowest BCUT2D eigenvalue weighted by atomic mass is 9.90. The quantitative estimate of drug-likeness (QED) is 0.847. The van der Waals surface area contributed by atoms with E-state index in [-0.39, 0.29) is 24.0 Å². The van der Waals surface area contributed by atoms with Gasteiger partial charge >= 0.3 is 0 Å². The molecule has 2 heterocycles. The van der Waals surface area contributed by atoms with Crippen LogP contribution in [0.15, 0.2) is 12.1 Å². The lowest BCUT2D eigenvalue weighted by Crippen LogP contribution is -2.47. The minimum atomic E-state index is -0.318. The Balaban J connectivity index is 2.25. The van der Waals surface area contributed by atoms with E-state index in [1.807, 2.05) is 20.8 Å². The van der Waals surface area contributed by atoms with E-state index in [2.05, 4.69) is 4.98 Å². The van der Waals surface area contributed by atoms with Gasteiger partial charge in [-0.15, -0.1) is 0 Å². The van der Waals surface area contributed by atoms with Crippen LogP contribution < -0.4 is 0 Å².